The standard InChI is InChI=1S/C28H41N5O2/c1-3-32(4-2)26-14-10-22(11-15-26)20-23-12-13-24(27(23)33-16-18-35-19-17-33)21-29-31-28(34)30-25-8-6-5-7-9-25/h10-11,14-15,20-21,25H,3-9,12-13,16-19H2,1-2H3,(H2,30,31,34)/b23-20+,29-21+. The lowest BCUT2D eigenvalue weighted by molar-refractivity contribution is 0.0548. The van der Waals surface area contributed by atoms with E-state index in [2.05, 4.69) is 69.8 Å². The molecule has 1 aromatic carbocycles. The van der Waals surface area contributed by atoms with Crippen molar-refractivity contribution >= 4 is 24.0 Å². The Morgan fingerprint density at radius 3 is 2.49 bits per heavy atom. The van der Waals surface area contributed by atoms with Gasteiger partial charge in [0.05, 0.1) is 19.4 Å². The highest BCUT2D eigenvalue weighted by Crippen LogP contribution is 2.35. The molecule has 1 aliphatic heterocycles. The maximum absolute atomic E-state index is 12.3. The highest BCUT2D eigenvalue weighted by atomic mass is 16.5. The van der Waals surface area contributed by atoms with Crippen LogP contribution in [-0.2, 0) is 4.74 Å². The summed E-state index contributed by atoms with van der Waals surface area (Å²) in [6.45, 7) is 9.63. The zero-order valence-corrected chi connectivity index (χ0v) is 21.4. The van der Waals surface area contributed by atoms with E-state index >= 15 is 0 Å². The predicted octanol–water partition coefficient (Wildman–Crippen LogP) is 4.91. The molecular formula is C28H41N5O2. The molecule has 35 heavy (non-hydrogen) atoms. The quantitative estimate of drug-likeness (QED) is 0.410. The number of anilines is 1. The van der Waals surface area contributed by atoms with Gasteiger partial charge in [-0.2, -0.15) is 5.10 Å². The summed E-state index contributed by atoms with van der Waals surface area (Å²) < 4.78 is 5.60. The average molecular weight is 480 g/mol. The Morgan fingerprint density at radius 1 is 1.09 bits per heavy atom. The summed E-state index contributed by atoms with van der Waals surface area (Å²) >= 11 is 0. The highest BCUT2D eigenvalue weighted by Gasteiger charge is 2.25. The summed E-state index contributed by atoms with van der Waals surface area (Å²) in [6.07, 6.45) is 11.8. The van der Waals surface area contributed by atoms with E-state index in [0.717, 1.165) is 65.1 Å². The van der Waals surface area contributed by atoms with Crippen LogP contribution in [0.2, 0.25) is 0 Å². The van der Waals surface area contributed by atoms with Crippen LogP contribution in [0, 0.1) is 0 Å². The lowest BCUT2D eigenvalue weighted by atomic mass is 9.96. The number of nitrogens with one attached hydrogen (secondary N) is 2. The van der Waals surface area contributed by atoms with Crippen molar-refractivity contribution in [3.8, 4) is 0 Å². The van der Waals surface area contributed by atoms with Gasteiger partial charge < -0.3 is 19.9 Å². The summed E-state index contributed by atoms with van der Waals surface area (Å²) in [5.41, 5.74) is 8.92. The molecule has 0 spiro atoms. The number of hydrogen-bond acceptors (Lipinski definition) is 5. The maximum atomic E-state index is 12.3. The summed E-state index contributed by atoms with van der Waals surface area (Å²) in [6, 6.07) is 8.91. The minimum Gasteiger partial charge on any atom is -0.378 e. The van der Waals surface area contributed by atoms with Gasteiger partial charge in [0.2, 0.25) is 0 Å². The first-order valence-corrected chi connectivity index (χ1v) is 13.4. The number of ether oxygens (including phenoxy) is 1. The molecule has 2 fully saturated rings. The van der Waals surface area contributed by atoms with E-state index in [1.807, 2.05) is 6.21 Å². The van der Waals surface area contributed by atoms with Crippen molar-refractivity contribution in [1.82, 2.24) is 15.6 Å². The topological polar surface area (TPSA) is 69.2 Å². The van der Waals surface area contributed by atoms with Gasteiger partial charge in [0.1, 0.15) is 0 Å². The molecule has 1 aromatic rings. The van der Waals surface area contributed by atoms with Crippen LogP contribution in [0.25, 0.3) is 6.08 Å². The van der Waals surface area contributed by atoms with Crippen LogP contribution in [0.15, 0.2) is 46.2 Å². The average Bonchev–Trinajstić information content (AvgIpc) is 3.29. The van der Waals surface area contributed by atoms with Crippen molar-refractivity contribution < 1.29 is 9.53 Å². The Bertz CT molecular complexity index is 921. The van der Waals surface area contributed by atoms with Gasteiger partial charge in [-0.15, -0.1) is 0 Å². The van der Waals surface area contributed by atoms with E-state index in [-0.39, 0.29) is 12.1 Å². The van der Waals surface area contributed by atoms with Gasteiger partial charge >= 0.3 is 6.03 Å². The molecule has 0 radical (unpaired) electrons. The number of nitrogens with zero attached hydrogens (tertiary/aromatic N) is 3. The van der Waals surface area contributed by atoms with E-state index in [4.69, 9.17) is 4.74 Å². The smallest absolute Gasteiger partial charge is 0.335 e. The van der Waals surface area contributed by atoms with Gasteiger partial charge in [-0.1, -0.05) is 31.4 Å². The lowest BCUT2D eigenvalue weighted by Gasteiger charge is -2.31. The molecule has 0 bridgehead atoms. The van der Waals surface area contributed by atoms with Crippen molar-refractivity contribution in [1.29, 1.82) is 0 Å². The Morgan fingerprint density at radius 2 is 1.80 bits per heavy atom. The summed E-state index contributed by atoms with van der Waals surface area (Å²) in [7, 11) is 0. The maximum Gasteiger partial charge on any atom is 0.335 e. The number of urea groups is 1. The molecule has 0 unspecified atom stereocenters. The van der Waals surface area contributed by atoms with Crippen LogP contribution in [0.5, 0.6) is 0 Å². The zero-order chi connectivity index (χ0) is 24.5. The number of benzene rings is 1. The fourth-order valence-electron chi connectivity index (χ4n) is 5.38. The van der Waals surface area contributed by atoms with Gasteiger partial charge in [0.25, 0.3) is 0 Å². The van der Waals surface area contributed by atoms with Crippen LogP contribution in [0.3, 0.4) is 0 Å². The first-order valence-electron chi connectivity index (χ1n) is 13.4. The Balaban J connectivity index is 1.48. The van der Waals surface area contributed by atoms with Crippen LogP contribution in [-0.4, -0.2) is 62.6 Å². The van der Waals surface area contributed by atoms with Crippen LogP contribution in [0.1, 0.15) is 64.4 Å². The number of hydrogen-bond donors (Lipinski definition) is 2. The third-order valence-electron chi connectivity index (χ3n) is 7.29. The monoisotopic (exact) mass is 479 g/mol. The first-order chi connectivity index (χ1) is 17.2. The molecule has 2 amide bonds. The normalized spacial score (nSPS) is 20.6. The second-order valence-electron chi connectivity index (χ2n) is 9.59. The Labute approximate surface area is 210 Å². The lowest BCUT2D eigenvalue weighted by Crippen LogP contribution is -2.41. The number of rotatable bonds is 8. The minimum atomic E-state index is -0.205. The van der Waals surface area contributed by atoms with E-state index < -0.39 is 0 Å². The van der Waals surface area contributed by atoms with Gasteiger partial charge in [0, 0.05) is 43.6 Å². The van der Waals surface area contributed by atoms with Gasteiger partial charge in [-0.25, -0.2) is 10.2 Å². The van der Waals surface area contributed by atoms with Crippen molar-refractivity contribution in [3.63, 3.8) is 0 Å². The predicted molar refractivity (Wildman–Crippen MR) is 144 cm³/mol. The molecule has 3 aliphatic rings. The number of allylic oxidation sites excluding steroid dienone is 2. The number of morpholine rings is 1. The second kappa shape index (κ2) is 12.8. The molecule has 7 heteroatoms. The number of hydrazone groups is 1. The fraction of sp³-hybridized carbons (Fsp3) is 0.571. The van der Waals surface area contributed by atoms with E-state index in [1.165, 1.54) is 47.4 Å². The van der Waals surface area contributed by atoms with E-state index in [9.17, 15) is 4.79 Å². The molecule has 2 aliphatic carbocycles. The molecule has 0 aromatic heterocycles. The van der Waals surface area contributed by atoms with Gasteiger partial charge in [-0.3, -0.25) is 0 Å². The number of amides is 2. The molecular weight excluding hydrogens is 438 g/mol. The largest absolute Gasteiger partial charge is 0.378 e. The van der Waals surface area contributed by atoms with E-state index in [1.54, 1.807) is 0 Å². The molecule has 2 N–H and O–H groups in total. The van der Waals surface area contributed by atoms with E-state index in [0.29, 0.717) is 0 Å². The highest BCUT2D eigenvalue weighted by molar-refractivity contribution is 5.85. The summed E-state index contributed by atoms with van der Waals surface area (Å²) in [5.74, 6) is 0. The fourth-order valence-corrected chi connectivity index (χ4v) is 5.38. The minimum absolute atomic E-state index is 0.205. The Hall–Kier alpha value is -2.80. The third-order valence-corrected chi connectivity index (χ3v) is 7.29. The molecule has 1 saturated carbocycles. The van der Waals surface area contributed by atoms with Crippen LogP contribution >= 0.6 is 0 Å². The van der Waals surface area contributed by atoms with Crippen LogP contribution in [0.4, 0.5) is 10.5 Å². The molecule has 1 heterocycles. The molecule has 7 nitrogen and oxygen atoms in total. The Kier molecular flexibility index (Phi) is 9.23. The number of carbonyl (C=O) groups is 1. The van der Waals surface area contributed by atoms with Crippen molar-refractivity contribution in [2.24, 2.45) is 5.10 Å². The first kappa shape index (κ1) is 25.3. The van der Waals surface area contributed by atoms with Crippen LogP contribution < -0.4 is 15.6 Å². The van der Waals surface area contributed by atoms with Crippen molar-refractivity contribution in [2.75, 3.05) is 44.3 Å². The van der Waals surface area contributed by atoms with Gasteiger partial charge in [0.15, 0.2) is 0 Å². The van der Waals surface area contributed by atoms with Crippen molar-refractivity contribution in [3.05, 3.63) is 46.7 Å². The second-order valence-corrected chi connectivity index (χ2v) is 9.59. The third kappa shape index (κ3) is 6.88. The molecule has 1 saturated heterocycles. The number of carbonyl (C=O) groups excluding carboxylic acids is 1. The van der Waals surface area contributed by atoms with Crippen molar-refractivity contribution in [2.45, 2.75) is 64.8 Å². The molecule has 4 rings (SSSR count). The zero-order valence-electron chi connectivity index (χ0n) is 21.4. The van der Waals surface area contributed by atoms with Gasteiger partial charge in [-0.05, 0) is 74.4 Å². The molecule has 190 valence electrons. The summed E-state index contributed by atoms with van der Waals surface area (Å²) in [4.78, 5) is 17.1. The SMILES string of the molecule is CCN(CC)c1ccc(/C=C2\CCC(/C=N/NC(=O)NC3CCCCC3)=C2N2CCOCC2)cc1. The molecule has 0 atom stereocenters. The summed E-state index contributed by atoms with van der Waals surface area (Å²) in [5, 5.41) is 7.38.